The lowest BCUT2D eigenvalue weighted by atomic mass is 10.0. The summed E-state index contributed by atoms with van der Waals surface area (Å²) in [5, 5.41) is 2.98. The van der Waals surface area contributed by atoms with Crippen LogP contribution < -0.4 is 11.1 Å². The van der Waals surface area contributed by atoms with Crippen molar-refractivity contribution in [3.8, 4) is 0 Å². The third kappa shape index (κ3) is 2.95. The highest BCUT2D eigenvalue weighted by Crippen LogP contribution is 2.54. The fourth-order valence-electron chi connectivity index (χ4n) is 2.75. The van der Waals surface area contributed by atoms with E-state index in [1.165, 1.54) is 6.42 Å². The van der Waals surface area contributed by atoms with Crippen LogP contribution in [0.4, 0.5) is 0 Å². The number of ether oxygens (including phenoxy) is 1. The maximum Gasteiger partial charge on any atom is 0.223 e. The van der Waals surface area contributed by atoms with Crippen LogP contribution in [0.5, 0.6) is 0 Å². The van der Waals surface area contributed by atoms with Crippen LogP contribution in [0.25, 0.3) is 0 Å². The van der Waals surface area contributed by atoms with E-state index in [-0.39, 0.29) is 17.9 Å². The lowest BCUT2D eigenvalue weighted by Crippen LogP contribution is -2.35. The molecule has 0 aromatic heterocycles. The summed E-state index contributed by atoms with van der Waals surface area (Å²) in [6, 6.07) is 0.0299. The van der Waals surface area contributed by atoms with Gasteiger partial charge in [0.05, 0.1) is 6.61 Å². The van der Waals surface area contributed by atoms with Crippen LogP contribution in [0.2, 0.25) is 0 Å². The molecule has 0 bridgehead atoms. The Morgan fingerprint density at radius 2 is 2.12 bits per heavy atom. The molecule has 0 heterocycles. The van der Waals surface area contributed by atoms with Gasteiger partial charge in [0.1, 0.15) is 0 Å². The van der Waals surface area contributed by atoms with Gasteiger partial charge in [0.15, 0.2) is 0 Å². The van der Waals surface area contributed by atoms with Crippen molar-refractivity contribution in [2.24, 2.45) is 23.5 Å². The Morgan fingerprint density at radius 3 is 2.75 bits per heavy atom. The highest BCUT2D eigenvalue weighted by Gasteiger charge is 2.47. The van der Waals surface area contributed by atoms with Gasteiger partial charge in [-0.15, -0.1) is 0 Å². The van der Waals surface area contributed by atoms with Gasteiger partial charge in [-0.3, -0.25) is 4.79 Å². The lowest BCUT2D eigenvalue weighted by molar-refractivity contribution is -0.125. The quantitative estimate of drug-likeness (QED) is 0.693. The minimum atomic E-state index is 0.0299. The van der Waals surface area contributed by atoms with E-state index in [1.807, 2.05) is 0 Å². The molecule has 0 saturated heterocycles. The molecule has 0 aliphatic heterocycles. The summed E-state index contributed by atoms with van der Waals surface area (Å²) < 4.78 is 4.94. The average molecular weight is 226 g/mol. The topological polar surface area (TPSA) is 64.3 Å². The van der Waals surface area contributed by atoms with Crippen LogP contribution in [0, 0.1) is 17.8 Å². The first-order chi connectivity index (χ1) is 7.70. The molecule has 2 fully saturated rings. The van der Waals surface area contributed by atoms with Crippen molar-refractivity contribution in [3.63, 3.8) is 0 Å². The Morgan fingerprint density at radius 1 is 1.44 bits per heavy atom. The molecule has 2 saturated carbocycles. The van der Waals surface area contributed by atoms with Crippen LogP contribution in [0.15, 0.2) is 0 Å². The summed E-state index contributed by atoms with van der Waals surface area (Å²) in [7, 11) is 1.64. The molecule has 92 valence electrons. The number of hydrogen-bond acceptors (Lipinski definition) is 3. The number of nitrogens with two attached hydrogens (primary N) is 1. The Balaban J connectivity index is 1.57. The Bertz CT molecular complexity index is 247. The highest BCUT2D eigenvalue weighted by molar-refractivity contribution is 5.79. The normalized spacial score (nSPS) is 33.2. The van der Waals surface area contributed by atoms with Crippen molar-refractivity contribution in [1.82, 2.24) is 5.32 Å². The molecule has 0 aromatic rings. The maximum atomic E-state index is 11.8. The number of fused-ring (bicyclic) bond motifs is 1. The van der Waals surface area contributed by atoms with E-state index < -0.39 is 0 Å². The summed E-state index contributed by atoms with van der Waals surface area (Å²) in [4.78, 5) is 11.8. The van der Waals surface area contributed by atoms with Crippen molar-refractivity contribution in [3.05, 3.63) is 0 Å². The smallest absolute Gasteiger partial charge is 0.223 e. The number of carbonyl (C=O) groups excluding carboxylic acids is 1. The average Bonchev–Trinajstić information content (AvgIpc) is 2.86. The zero-order valence-corrected chi connectivity index (χ0v) is 9.95. The number of rotatable bonds is 6. The first kappa shape index (κ1) is 11.9. The molecule has 2 aliphatic carbocycles. The summed E-state index contributed by atoms with van der Waals surface area (Å²) >= 11 is 0. The van der Waals surface area contributed by atoms with Crippen LogP contribution >= 0.6 is 0 Å². The van der Waals surface area contributed by atoms with Gasteiger partial charge in [0, 0.05) is 25.6 Å². The van der Waals surface area contributed by atoms with Crippen LogP contribution in [0.1, 0.15) is 25.7 Å². The molecule has 0 spiro atoms. The van der Waals surface area contributed by atoms with E-state index >= 15 is 0 Å². The summed E-state index contributed by atoms with van der Waals surface area (Å²) in [5.74, 6) is 2.25. The standard InChI is InChI=1S/C12H22N2O2/c1-16-7-11(13)2-3-14-12(15)10-5-8-4-9(8)6-10/h8-11H,2-7,13H2,1H3,(H,14,15). The van der Waals surface area contributed by atoms with Crippen molar-refractivity contribution in [1.29, 1.82) is 0 Å². The van der Waals surface area contributed by atoms with Crippen LogP contribution in [-0.2, 0) is 9.53 Å². The molecule has 1 amide bonds. The zero-order chi connectivity index (χ0) is 11.5. The molecule has 3 unspecified atom stereocenters. The first-order valence-corrected chi connectivity index (χ1v) is 6.23. The highest BCUT2D eigenvalue weighted by atomic mass is 16.5. The lowest BCUT2D eigenvalue weighted by Gasteiger charge is -2.14. The minimum absolute atomic E-state index is 0.0299. The van der Waals surface area contributed by atoms with Gasteiger partial charge in [-0.05, 0) is 37.5 Å². The van der Waals surface area contributed by atoms with Crippen molar-refractivity contribution >= 4 is 5.91 Å². The summed E-state index contributed by atoms with van der Waals surface area (Å²) in [5.41, 5.74) is 5.78. The molecule has 3 atom stereocenters. The van der Waals surface area contributed by atoms with Gasteiger partial charge in [-0.2, -0.15) is 0 Å². The molecular weight excluding hydrogens is 204 g/mol. The Kier molecular flexibility index (Phi) is 3.82. The second-order valence-corrected chi connectivity index (χ2v) is 5.22. The molecular formula is C12H22N2O2. The third-order valence-electron chi connectivity index (χ3n) is 3.81. The second kappa shape index (κ2) is 5.15. The number of nitrogens with one attached hydrogen (secondary N) is 1. The summed E-state index contributed by atoms with van der Waals surface area (Å²) in [6.45, 7) is 1.23. The molecule has 2 aliphatic rings. The fourth-order valence-corrected chi connectivity index (χ4v) is 2.75. The van der Waals surface area contributed by atoms with Crippen molar-refractivity contribution < 1.29 is 9.53 Å². The van der Waals surface area contributed by atoms with Gasteiger partial charge in [0.25, 0.3) is 0 Å². The fraction of sp³-hybridized carbons (Fsp3) is 0.917. The van der Waals surface area contributed by atoms with Gasteiger partial charge in [0.2, 0.25) is 5.91 Å². The number of carbonyl (C=O) groups is 1. The van der Waals surface area contributed by atoms with Gasteiger partial charge in [-0.1, -0.05) is 0 Å². The van der Waals surface area contributed by atoms with Crippen LogP contribution in [0.3, 0.4) is 0 Å². The van der Waals surface area contributed by atoms with E-state index in [9.17, 15) is 4.79 Å². The molecule has 4 heteroatoms. The summed E-state index contributed by atoms with van der Waals surface area (Å²) in [6.07, 6.45) is 4.38. The minimum Gasteiger partial charge on any atom is -0.383 e. The van der Waals surface area contributed by atoms with Crippen LogP contribution in [-0.4, -0.2) is 32.2 Å². The zero-order valence-electron chi connectivity index (χ0n) is 9.95. The molecule has 4 nitrogen and oxygen atoms in total. The number of amides is 1. The Hall–Kier alpha value is -0.610. The molecule has 2 rings (SSSR count). The van der Waals surface area contributed by atoms with E-state index in [0.717, 1.165) is 31.1 Å². The monoisotopic (exact) mass is 226 g/mol. The molecule has 16 heavy (non-hydrogen) atoms. The molecule has 0 aromatic carbocycles. The second-order valence-electron chi connectivity index (χ2n) is 5.22. The van der Waals surface area contributed by atoms with Crippen molar-refractivity contribution in [2.75, 3.05) is 20.3 Å². The predicted octanol–water partition coefficient (Wildman–Crippen LogP) is 0.513. The van der Waals surface area contributed by atoms with E-state index in [0.29, 0.717) is 13.2 Å². The largest absolute Gasteiger partial charge is 0.383 e. The van der Waals surface area contributed by atoms with Gasteiger partial charge >= 0.3 is 0 Å². The SMILES string of the molecule is COCC(N)CCNC(=O)C1CC2CC2C1. The Labute approximate surface area is 96.9 Å². The van der Waals surface area contributed by atoms with E-state index in [2.05, 4.69) is 5.32 Å². The molecule has 0 radical (unpaired) electrons. The molecule has 3 N–H and O–H groups in total. The third-order valence-corrected chi connectivity index (χ3v) is 3.81. The maximum absolute atomic E-state index is 11.8. The first-order valence-electron chi connectivity index (χ1n) is 6.23. The van der Waals surface area contributed by atoms with E-state index in [4.69, 9.17) is 10.5 Å². The number of hydrogen-bond donors (Lipinski definition) is 2. The number of methoxy groups -OCH3 is 1. The predicted molar refractivity (Wildman–Crippen MR) is 61.8 cm³/mol. The van der Waals surface area contributed by atoms with Gasteiger partial charge in [-0.25, -0.2) is 0 Å². The van der Waals surface area contributed by atoms with Gasteiger partial charge < -0.3 is 15.8 Å². The van der Waals surface area contributed by atoms with Crippen molar-refractivity contribution in [2.45, 2.75) is 31.7 Å². The van der Waals surface area contributed by atoms with E-state index in [1.54, 1.807) is 7.11 Å².